The van der Waals surface area contributed by atoms with Gasteiger partial charge in [-0.1, -0.05) is 30.7 Å². The lowest BCUT2D eigenvalue weighted by Gasteiger charge is -2.26. The van der Waals surface area contributed by atoms with Crippen LogP contribution in [0.15, 0.2) is 59.8 Å². The highest BCUT2D eigenvalue weighted by Crippen LogP contribution is 2.31. The SMILES string of the molecule is CCc1cc(-c2ncc(NS(=O)(=O)c3ccccc3Cl)cc2C)cc2cnc(N[C@H]3CC[C@H](N)CC3)nc12. The molecule has 1 aliphatic carbocycles. The van der Waals surface area contributed by atoms with Gasteiger partial charge in [0.15, 0.2) is 0 Å². The number of pyridine rings is 1. The van der Waals surface area contributed by atoms with Gasteiger partial charge in [-0.25, -0.2) is 18.4 Å². The van der Waals surface area contributed by atoms with E-state index < -0.39 is 10.0 Å². The van der Waals surface area contributed by atoms with E-state index in [1.54, 1.807) is 24.3 Å². The first-order valence-electron chi connectivity index (χ1n) is 12.8. The van der Waals surface area contributed by atoms with E-state index in [-0.39, 0.29) is 9.92 Å². The van der Waals surface area contributed by atoms with Crippen molar-refractivity contribution in [3.8, 4) is 11.3 Å². The molecule has 2 heterocycles. The number of fused-ring (bicyclic) bond motifs is 1. The Morgan fingerprint density at radius 2 is 1.82 bits per heavy atom. The van der Waals surface area contributed by atoms with E-state index in [1.807, 2.05) is 19.2 Å². The van der Waals surface area contributed by atoms with Gasteiger partial charge in [-0.15, -0.1) is 0 Å². The van der Waals surface area contributed by atoms with Crippen LogP contribution in [0, 0.1) is 6.92 Å². The number of sulfonamides is 1. The molecule has 1 aliphatic rings. The summed E-state index contributed by atoms with van der Waals surface area (Å²) in [6.07, 6.45) is 8.25. The molecule has 2 aromatic heterocycles. The average molecular weight is 551 g/mol. The topological polar surface area (TPSA) is 123 Å². The fourth-order valence-corrected chi connectivity index (χ4v) is 6.50. The van der Waals surface area contributed by atoms with Crippen LogP contribution < -0.4 is 15.8 Å². The second-order valence-electron chi connectivity index (χ2n) is 9.80. The molecule has 0 unspecified atom stereocenters. The van der Waals surface area contributed by atoms with Crippen molar-refractivity contribution < 1.29 is 8.42 Å². The Bertz CT molecular complexity index is 1590. The number of hydrogen-bond donors (Lipinski definition) is 3. The molecule has 0 amide bonds. The normalized spacial score (nSPS) is 17.9. The summed E-state index contributed by atoms with van der Waals surface area (Å²) in [5.41, 5.74) is 11.0. The number of hydrogen-bond acceptors (Lipinski definition) is 7. The van der Waals surface area contributed by atoms with E-state index in [4.69, 9.17) is 22.3 Å². The molecule has 1 fully saturated rings. The second kappa shape index (κ2) is 10.8. The minimum absolute atomic E-state index is 0.0198. The molecule has 0 atom stereocenters. The molecular formula is C28H31ClN6O2S. The van der Waals surface area contributed by atoms with Gasteiger partial charge in [0.05, 0.1) is 28.1 Å². The highest BCUT2D eigenvalue weighted by molar-refractivity contribution is 7.92. The van der Waals surface area contributed by atoms with Crippen molar-refractivity contribution in [1.29, 1.82) is 0 Å². The number of nitrogens with one attached hydrogen (secondary N) is 2. The van der Waals surface area contributed by atoms with Crippen LogP contribution in [0.25, 0.3) is 22.2 Å². The fourth-order valence-electron chi connectivity index (χ4n) is 4.95. The summed E-state index contributed by atoms with van der Waals surface area (Å²) in [7, 11) is -3.85. The molecule has 0 radical (unpaired) electrons. The molecular weight excluding hydrogens is 520 g/mol. The van der Waals surface area contributed by atoms with Gasteiger partial charge < -0.3 is 11.1 Å². The quantitative estimate of drug-likeness (QED) is 0.270. The average Bonchev–Trinajstić information content (AvgIpc) is 2.89. The van der Waals surface area contributed by atoms with Gasteiger partial charge in [0.25, 0.3) is 10.0 Å². The van der Waals surface area contributed by atoms with Crippen LogP contribution in [-0.4, -0.2) is 35.5 Å². The second-order valence-corrected chi connectivity index (χ2v) is 11.9. The third-order valence-corrected chi connectivity index (χ3v) is 8.86. The maximum absolute atomic E-state index is 12.8. The highest BCUT2D eigenvalue weighted by atomic mass is 35.5. The lowest BCUT2D eigenvalue weighted by molar-refractivity contribution is 0.410. The zero-order valence-electron chi connectivity index (χ0n) is 21.4. The first kappa shape index (κ1) is 26.3. The summed E-state index contributed by atoms with van der Waals surface area (Å²) in [4.78, 5) is 14.1. The summed E-state index contributed by atoms with van der Waals surface area (Å²) in [5, 5.41) is 4.58. The number of anilines is 2. The van der Waals surface area contributed by atoms with Crippen molar-refractivity contribution in [3.05, 3.63) is 71.0 Å². The number of aromatic nitrogens is 3. The third-order valence-electron chi connectivity index (χ3n) is 6.98. The minimum atomic E-state index is -3.85. The number of nitrogens with two attached hydrogens (primary N) is 1. The van der Waals surface area contributed by atoms with Crippen LogP contribution in [0.2, 0.25) is 5.02 Å². The molecule has 0 spiro atoms. The largest absolute Gasteiger partial charge is 0.351 e. The van der Waals surface area contributed by atoms with Gasteiger partial charge in [-0.2, -0.15) is 0 Å². The molecule has 5 rings (SSSR count). The van der Waals surface area contributed by atoms with Crippen LogP contribution in [0.5, 0.6) is 0 Å². The third kappa shape index (κ3) is 5.60. The summed E-state index contributed by atoms with van der Waals surface area (Å²) >= 11 is 6.10. The van der Waals surface area contributed by atoms with Crippen molar-refractivity contribution >= 4 is 44.2 Å². The van der Waals surface area contributed by atoms with Crippen LogP contribution >= 0.6 is 11.6 Å². The summed E-state index contributed by atoms with van der Waals surface area (Å²) < 4.78 is 28.3. The van der Waals surface area contributed by atoms with E-state index in [9.17, 15) is 8.42 Å². The monoisotopic (exact) mass is 550 g/mol. The number of nitrogens with zero attached hydrogens (tertiary/aromatic N) is 3. The van der Waals surface area contributed by atoms with Gasteiger partial charge in [-0.05, 0) is 80.5 Å². The Labute approximate surface area is 228 Å². The van der Waals surface area contributed by atoms with Gasteiger partial charge in [0.2, 0.25) is 5.95 Å². The summed E-state index contributed by atoms with van der Waals surface area (Å²) in [5.74, 6) is 0.643. The molecule has 4 aromatic rings. The molecule has 198 valence electrons. The van der Waals surface area contributed by atoms with E-state index in [1.165, 1.54) is 12.3 Å². The number of rotatable bonds is 7. The Hall–Kier alpha value is -3.27. The number of aryl methyl sites for hydroxylation is 2. The van der Waals surface area contributed by atoms with Gasteiger partial charge in [-0.3, -0.25) is 9.71 Å². The van der Waals surface area contributed by atoms with E-state index in [0.29, 0.717) is 23.7 Å². The minimum Gasteiger partial charge on any atom is -0.351 e. The molecule has 4 N–H and O–H groups in total. The first-order valence-corrected chi connectivity index (χ1v) is 14.7. The standard InChI is InChI=1S/C28H31ClN6O2S/c1-3-18-13-19(14-20-15-32-28(34-27(18)20)33-22-10-8-21(30)9-11-22)26-17(2)12-23(16-31-26)35-38(36,37)25-7-5-4-6-24(25)29/h4-7,12-16,21-22,35H,3,8-11,30H2,1-2H3,(H,32,33,34)/t21-,22-. The van der Waals surface area contributed by atoms with Crippen molar-refractivity contribution in [2.45, 2.75) is 62.9 Å². The van der Waals surface area contributed by atoms with Crippen molar-refractivity contribution in [2.75, 3.05) is 10.0 Å². The molecule has 0 bridgehead atoms. The lowest BCUT2D eigenvalue weighted by atomic mass is 9.92. The lowest BCUT2D eigenvalue weighted by Crippen LogP contribution is -2.33. The van der Waals surface area contributed by atoms with Crippen LogP contribution in [0.3, 0.4) is 0 Å². The Kier molecular flexibility index (Phi) is 7.52. The molecule has 0 aliphatic heterocycles. The van der Waals surface area contributed by atoms with Crippen LogP contribution in [0.1, 0.15) is 43.7 Å². The van der Waals surface area contributed by atoms with Gasteiger partial charge in [0.1, 0.15) is 4.90 Å². The Balaban J connectivity index is 1.41. The van der Waals surface area contributed by atoms with E-state index in [0.717, 1.165) is 65.4 Å². The Morgan fingerprint density at radius 1 is 1.05 bits per heavy atom. The molecule has 10 heteroatoms. The maximum atomic E-state index is 12.8. The van der Waals surface area contributed by atoms with Gasteiger partial charge in [0, 0.05) is 29.2 Å². The van der Waals surface area contributed by atoms with E-state index in [2.05, 4.69) is 33.0 Å². The molecule has 38 heavy (non-hydrogen) atoms. The fraction of sp³-hybridized carbons (Fsp3) is 0.321. The summed E-state index contributed by atoms with van der Waals surface area (Å²) in [6, 6.07) is 12.9. The molecule has 0 saturated heterocycles. The van der Waals surface area contributed by atoms with Crippen LogP contribution in [0.4, 0.5) is 11.6 Å². The Morgan fingerprint density at radius 3 is 2.53 bits per heavy atom. The van der Waals surface area contributed by atoms with Crippen molar-refractivity contribution in [3.63, 3.8) is 0 Å². The zero-order valence-corrected chi connectivity index (χ0v) is 23.0. The first-order chi connectivity index (χ1) is 18.2. The predicted molar refractivity (Wildman–Crippen MR) is 153 cm³/mol. The molecule has 1 saturated carbocycles. The number of halogens is 1. The van der Waals surface area contributed by atoms with Crippen molar-refractivity contribution in [1.82, 2.24) is 15.0 Å². The molecule has 2 aromatic carbocycles. The highest BCUT2D eigenvalue weighted by Gasteiger charge is 2.20. The maximum Gasteiger partial charge on any atom is 0.263 e. The van der Waals surface area contributed by atoms with Crippen molar-refractivity contribution in [2.24, 2.45) is 5.73 Å². The smallest absolute Gasteiger partial charge is 0.263 e. The predicted octanol–water partition coefficient (Wildman–Crippen LogP) is 5.70. The molecule has 8 nitrogen and oxygen atoms in total. The van der Waals surface area contributed by atoms with Gasteiger partial charge >= 0.3 is 0 Å². The zero-order chi connectivity index (χ0) is 26.9. The number of benzene rings is 2. The summed E-state index contributed by atoms with van der Waals surface area (Å²) in [6.45, 7) is 4.01. The van der Waals surface area contributed by atoms with Crippen LogP contribution in [-0.2, 0) is 16.4 Å². The van der Waals surface area contributed by atoms with E-state index >= 15 is 0 Å².